The number of hydrogen-bond acceptors (Lipinski definition) is 2. The van der Waals surface area contributed by atoms with Crippen LogP contribution in [-0.4, -0.2) is 29.2 Å². The zero-order valence-electron chi connectivity index (χ0n) is 14.5. The first kappa shape index (κ1) is 17.6. The third-order valence-corrected chi connectivity index (χ3v) is 6.49. The van der Waals surface area contributed by atoms with E-state index in [4.69, 9.17) is 9.47 Å². The van der Waals surface area contributed by atoms with Crippen LogP contribution in [0, 0.1) is 0 Å². The van der Waals surface area contributed by atoms with Gasteiger partial charge in [0.25, 0.3) is 0 Å². The molecule has 0 amide bonds. The minimum atomic E-state index is 0.348. The summed E-state index contributed by atoms with van der Waals surface area (Å²) < 4.78 is 12.3. The van der Waals surface area contributed by atoms with Crippen molar-refractivity contribution in [2.75, 3.05) is 14.2 Å². The van der Waals surface area contributed by atoms with Crippen molar-refractivity contribution in [3.8, 4) is 11.5 Å². The molecule has 0 radical (unpaired) electrons. The molecular formula is C22H22O2Se. The molecule has 0 N–H and O–H groups in total. The summed E-state index contributed by atoms with van der Waals surface area (Å²) in [5.41, 5.74) is 2.61. The molecule has 25 heavy (non-hydrogen) atoms. The van der Waals surface area contributed by atoms with E-state index in [-0.39, 0.29) is 0 Å². The van der Waals surface area contributed by atoms with Crippen molar-refractivity contribution in [3.05, 3.63) is 90.0 Å². The van der Waals surface area contributed by atoms with Crippen molar-refractivity contribution >= 4 is 19.4 Å². The monoisotopic (exact) mass is 398 g/mol. The van der Waals surface area contributed by atoms with E-state index in [2.05, 4.69) is 72.8 Å². The number of methoxy groups -OCH3 is 2. The maximum absolute atomic E-state index is 5.51. The molecule has 0 fully saturated rings. The fourth-order valence-electron chi connectivity index (χ4n) is 2.84. The van der Waals surface area contributed by atoms with Gasteiger partial charge >= 0.3 is 156 Å². The minimum absolute atomic E-state index is 0.348. The van der Waals surface area contributed by atoms with Gasteiger partial charge < -0.3 is 0 Å². The Bertz CT molecular complexity index is 788. The third kappa shape index (κ3) is 4.45. The molecule has 3 heteroatoms. The number of rotatable bonds is 7. The standard InChI is InChI=1S/C22H22O2Se/c1-23-21-14-13-18(15-22(21)24-2)20(17-9-5-3-6-10-17)16-25-19-11-7-4-8-12-19/h3-15,20H,16H2,1-2H3. The molecule has 0 heterocycles. The number of benzene rings is 3. The van der Waals surface area contributed by atoms with Gasteiger partial charge in [0.05, 0.1) is 0 Å². The van der Waals surface area contributed by atoms with Crippen molar-refractivity contribution in [1.82, 2.24) is 0 Å². The predicted octanol–water partition coefficient (Wildman–Crippen LogP) is 4.28. The normalized spacial score (nSPS) is 11.8. The van der Waals surface area contributed by atoms with Crippen LogP contribution < -0.4 is 13.9 Å². The second kappa shape index (κ2) is 8.75. The Hall–Kier alpha value is -2.22. The predicted molar refractivity (Wildman–Crippen MR) is 104 cm³/mol. The van der Waals surface area contributed by atoms with Gasteiger partial charge in [0.2, 0.25) is 0 Å². The Labute approximate surface area is 156 Å². The third-order valence-electron chi connectivity index (χ3n) is 4.17. The molecule has 128 valence electrons. The van der Waals surface area contributed by atoms with Gasteiger partial charge in [0, 0.05) is 0 Å². The van der Waals surface area contributed by atoms with Crippen molar-refractivity contribution in [1.29, 1.82) is 0 Å². The molecule has 0 spiro atoms. The van der Waals surface area contributed by atoms with E-state index in [9.17, 15) is 0 Å². The second-order valence-electron chi connectivity index (χ2n) is 5.70. The summed E-state index contributed by atoms with van der Waals surface area (Å²) >= 11 is 0.412. The van der Waals surface area contributed by atoms with Gasteiger partial charge in [-0.1, -0.05) is 0 Å². The molecule has 3 rings (SSSR count). The Morgan fingerprint density at radius 3 is 2.00 bits per heavy atom. The summed E-state index contributed by atoms with van der Waals surface area (Å²) in [6, 6.07) is 27.7. The maximum atomic E-state index is 5.51. The van der Waals surface area contributed by atoms with Crippen LogP contribution >= 0.6 is 0 Å². The van der Waals surface area contributed by atoms with E-state index in [1.165, 1.54) is 15.6 Å². The van der Waals surface area contributed by atoms with Crippen molar-refractivity contribution in [2.45, 2.75) is 11.2 Å². The fraction of sp³-hybridized carbons (Fsp3) is 0.182. The summed E-state index contributed by atoms with van der Waals surface area (Å²) in [7, 11) is 3.36. The zero-order valence-corrected chi connectivity index (χ0v) is 16.2. The molecule has 0 saturated carbocycles. The van der Waals surface area contributed by atoms with Crippen LogP contribution in [0.15, 0.2) is 78.9 Å². The average molecular weight is 397 g/mol. The van der Waals surface area contributed by atoms with Gasteiger partial charge in [-0.25, -0.2) is 0 Å². The Kier molecular flexibility index (Phi) is 6.16. The summed E-state index contributed by atoms with van der Waals surface area (Å²) in [6.45, 7) is 0. The summed E-state index contributed by atoms with van der Waals surface area (Å²) in [4.78, 5) is 0. The Balaban J connectivity index is 1.91. The van der Waals surface area contributed by atoms with E-state index < -0.39 is 0 Å². The fourth-order valence-corrected chi connectivity index (χ4v) is 5.13. The number of ether oxygens (including phenoxy) is 2. The van der Waals surface area contributed by atoms with E-state index in [0.717, 1.165) is 16.8 Å². The van der Waals surface area contributed by atoms with Crippen LogP contribution in [0.3, 0.4) is 0 Å². The van der Waals surface area contributed by atoms with Gasteiger partial charge in [-0.2, -0.15) is 0 Å². The van der Waals surface area contributed by atoms with Crippen LogP contribution in [-0.2, 0) is 0 Å². The molecule has 3 aromatic carbocycles. The topological polar surface area (TPSA) is 18.5 Å². The molecule has 0 aliphatic rings. The summed E-state index contributed by atoms with van der Waals surface area (Å²) in [5, 5.41) is 1.11. The first-order chi connectivity index (χ1) is 12.3. The quantitative estimate of drug-likeness (QED) is 0.554. The molecule has 0 aliphatic heterocycles. The van der Waals surface area contributed by atoms with Gasteiger partial charge in [-0.3, -0.25) is 0 Å². The van der Waals surface area contributed by atoms with Gasteiger partial charge in [-0.05, 0) is 0 Å². The van der Waals surface area contributed by atoms with Gasteiger partial charge in [0.1, 0.15) is 0 Å². The van der Waals surface area contributed by atoms with Crippen LogP contribution in [0.5, 0.6) is 11.5 Å². The molecular weight excluding hydrogens is 375 g/mol. The average Bonchev–Trinajstić information content (AvgIpc) is 2.69. The van der Waals surface area contributed by atoms with E-state index in [1.807, 2.05) is 6.07 Å². The Morgan fingerprint density at radius 2 is 1.36 bits per heavy atom. The molecule has 1 unspecified atom stereocenters. The zero-order chi connectivity index (χ0) is 17.5. The van der Waals surface area contributed by atoms with Crippen molar-refractivity contribution in [2.24, 2.45) is 0 Å². The van der Waals surface area contributed by atoms with Crippen LogP contribution in [0.1, 0.15) is 17.0 Å². The molecule has 0 bridgehead atoms. The number of hydrogen-bond donors (Lipinski definition) is 0. The van der Waals surface area contributed by atoms with E-state index in [1.54, 1.807) is 14.2 Å². The molecule has 1 atom stereocenters. The van der Waals surface area contributed by atoms with Gasteiger partial charge in [0.15, 0.2) is 0 Å². The van der Waals surface area contributed by atoms with Gasteiger partial charge in [-0.15, -0.1) is 0 Å². The molecule has 0 aliphatic carbocycles. The van der Waals surface area contributed by atoms with Crippen molar-refractivity contribution in [3.63, 3.8) is 0 Å². The van der Waals surface area contributed by atoms with Crippen molar-refractivity contribution < 1.29 is 9.47 Å². The first-order valence-electron chi connectivity index (χ1n) is 8.26. The summed E-state index contributed by atoms with van der Waals surface area (Å²) in [6.07, 6.45) is 0. The molecule has 2 nitrogen and oxygen atoms in total. The first-order valence-corrected chi connectivity index (χ1v) is 10.3. The molecule has 3 aromatic rings. The Morgan fingerprint density at radius 1 is 0.720 bits per heavy atom. The van der Waals surface area contributed by atoms with Crippen LogP contribution in [0.2, 0.25) is 5.32 Å². The SMILES string of the molecule is COc1ccc(C(C[Se]c2ccccc2)c2ccccc2)cc1OC. The summed E-state index contributed by atoms with van der Waals surface area (Å²) in [5.74, 6) is 1.90. The van der Waals surface area contributed by atoms with E-state index >= 15 is 0 Å². The molecule has 0 saturated heterocycles. The molecule has 0 aromatic heterocycles. The van der Waals surface area contributed by atoms with Crippen LogP contribution in [0.4, 0.5) is 0 Å². The van der Waals surface area contributed by atoms with Crippen LogP contribution in [0.25, 0.3) is 0 Å². The van der Waals surface area contributed by atoms with E-state index in [0.29, 0.717) is 20.9 Å². The second-order valence-corrected chi connectivity index (χ2v) is 8.00.